The Balaban J connectivity index is 1.04. The lowest BCUT2D eigenvalue weighted by atomic mass is 9.95. The first kappa shape index (κ1) is 51.5. The molecule has 6 heterocycles. The number of alkyl halides is 1. The summed E-state index contributed by atoms with van der Waals surface area (Å²) in [6, 6.07) is 38.8. The number of anilines is 2. The van der Waals surface area contributed by atoms with Crippen LogP contribution in [0.25, 0.3) is 22.3 Å². The van der Waals surface area contributed by atoms with Crippen LogP contribution in [0.4, 0.5) is 20.4 Å². The highest BCUT2D eigenvalue weighted by Crippen LogP contribution is 2.44. The monoisotopic (exact) mass is 1130 g/mol. The van der Waals surface area contributed by atoms with Gasteiger partial charge < -0.3 is 33.2 Å². The molecular weight excluding hydrogens is 1070 g/mol. The zero-order valence-electron chi connectivity index (χ0n) is 43.2. The summed E-state index contributed by atoms with van der Waals surface area (Å²) >= 11 is 2.23. The third-order valence-corrected chi connectivity index (χ3v) is 21.6. The Labute approximate surface area is 447 Å². The van der Waals surface area contributed by atoms with Crippen molar-refractivity contribution in [3.63, 3.8) is 0 Å². The van der Waals surface area contributed by atoms with Gasteiger partial charge in [0.2, 0.25) is 5.88 Å². The second-order valence-electron chi connectivity index (χ2n) is 20.9. The number of fused-ring (bicyclic) bond motifs is 1. The van der Waals surface area contributed by atoms with Crippen molar-refractivity contribution in [2.24, 2.45) is 0 Å². The molecule has 3 atom stereocenters. The van der Waals surface area contributed by atoms with Crippen molar-refractivity contribution >= 4 is 63.8 Å². The molecule has 0 bridgehead atoms. The van der Waals surface area contributed by atoms with E-state index in [0.717, 1.165) is 51.1 Å². The van der Waals surface area contributed by atoms with E-state index in [-0.39, 0.29) is 47.4 Å². The zero-order chi connectivity index (χ0) is 51.8. The Bertz CT molecular complexity index is 3010. The number of aryl methyl sites for hydroxylation is 1. The van der Waals surface area contributed by atoms with Crippen LogP contribution in [0.1, 0.15) is 63.1 Å². The molecule has 12 nitrogen and oxygen atoms in total. The standard InChI is InChI=1S/C58H64F2IN7O5Si/c1-38-31-47(67(33-39-19-23-43(69-6)24-20-39)34-40-21-25-44(70-7)26-22-40)62-53(50(38)61)52-49(60)51-48-54(65-56(64-51)72-37-58-28-14-29-68(58)35-41(59)32-58)66(5)42(36-71-55(48)63-52)27-30-73-74(57(2,3)4,45-15-10-8-11-16-45)46-17-12-9-13-18-46/h8-13,15-26,31,41-42H,14,27-30,32-37H2,1-7H3/t41-,42+,58+/m1/s1. The lowest BCUT2D eigenvalue weighted by Gasteiger charge is -2.43. The summed E-state index contributed by atoms with van der Waals surface area (Å²) in [5, 5.41) is 2.50. The normalized spacial score (nSPS) is 18.8. The highest BCUT2D eigenvalue weighted by molar-refractivity contribution is 14.1. The number of benzene rings is 4. The van der Waals surface area contributed by atoms with Crippen LogP contribution < -0.4 is 39.1 Å². The Morgan fingerprint density at radius 3 is 2.05 bits per heavy atom. The molecule has 386 valence electrons. The van der Waals surface area contributed by atoms with Gasteiger partial charge in [-0.2, -0.15) is 9.97 Å². The van der Waals surface area contributed by atoms with E-state index >= 15 is 8.78 Å². The largest absolute Gasteiger partial charge is 0.497 e. The third kappa shape index (κ3) is 10.0. The summed E-state index contributed by atoms with van der Waals surface area (Å²) in [6.07, 6.45) is 1.74. The second-order valence-corrected chi connectivity index (χ2v) is 26.3. The first-order chi connectivity index (χ1) is 35.7. The maximum absolute atomic E-state index is 18.0. The predicted octanol–water partition coefficient (Wildman–Crippen LogP) is 10.5. The molecule has 16 heteroatoms. The van der Waals surface area contributed by atoms with E-state index in [4.69, 9.17) is 43.3 Å². The number of hydrogen-bond acceptors (Lipinski definition) is 12. The Hall–Kier alpha value is -5.95. The van der Waals surface area contributed by atoms with Gasteiger partial charge in [-0.05, 0) is 118 Å². The van der Waals surface area contributed by atoms with E-state index in [9.17, 15) is 0 Å². The van der Waals surface area contributed by atoms with Gasteiger partial charge in [0.25, 0.3) is 8.32 Å². The van der Waals surface area contributed by atoms with Gasteiger partial charge in [0.15, 0.2) is 5.82 Å². The second kappa shape index (κ2) is 21.3. The van der Waals surface area contributed by atoms with Crippen molar-refractivity contribution < 1.29 is 32.2 Å². The molecule has 0 saturated carbocycles. The zero-order valence-corrected chi connectivity index (χ0v) is 46.4. The molecule has 0 aliphatic carbocycles. The number of aromatic nitrogens is 4. The number of hydrogen-bond donors (Lipinski definition) is 0. The fourth-order valence-corrected chi connectivity index (χ4v) is 16.4. The van der Waals surface area contributed by atoms with Crippen molar-refractivity contribution in [2.45, 2.75) is 89.3 Å². The van der Waals surface area contributed by atoms with Crippen molar-refractivity contribution in [3.8, 4) is 34.8 Å². The lowest BCUT2D eigenvalue weighted by Crippen LogP contribution is -2.66. The third-order valence-electron chi connectivity index (χ3n) is 15.2. The molecule has 2 fully saturated rings. The molecule has 0 spiro atoms. The number of halogens is 3. The van der Waals surface area contributed by atoms with Gasteiger partial charge in [0, 0.05) is 43.3 Å². The number of likely N-dealkylation sites (N-methyl/N-ethyl adjacent to an activating group) is 1. The minimum Gasteiger partial charge on any atom is -0.497 e. The SMILES string of the molecule is COc1ccc(CN(Cc2ccc(OC)cc2)c2cc(C)c(I)c(-c3nc4c5c(nc(OC[C@@]67CCCN6C[C@H](F)C7)nc5c3F)N(C)[C@@H](CCO[Si](c3ccccc3)(c3ccccc3)C(C)(C)C)CO4)n2)cc1. The van der Waals surface area contributed by atoms with Crippen LogP contribution in [0.2, 0.25) is 5.04 Å². The van der Waals surface area contributed by atoms with Crippen LogP contribution in [0.3, 0.4) is 0 Å². The summed E-state index contributed by atoms with van der Waals surface area (Å²) in [4.78, 5) is 26.6. The minimum atomic E-state index is -2.88. The van der Waals surface area contributed by atoms with E-state index in [0.29, 0.717) is 61.8 Å². The van der Waals surface area contributed by atoms with Crippen LogP contribution in [-0.2, 0) is 17.5 Å². The first-order valence-corrected chi connectivity index (χ1v) is 28.4. The molecule has 7 aromatic rings. The van der Waals surface area contributed by atoms with Crippen molar-refractivity contribution in [1.29, 1.82) is 0 Å². The summed E-state index contributed by atoms with van der Waals surface area (Å²) in [5.41, 5.74) is 2.85. The predicted molar refractivity (Wildman–Crippen MR) is 298 cm³/mol. The Kier molecular flexibility index (Phi) is 14.9. The molecule has 0 N–H and O–H groups in total. The van der Waals surface area contributed by atoms with Crippen LogP contribution in [0.5, 0.6) is 23.4 Å². The summed E-state index contributed by atoms with van der Waals surface area (Å²) in [5.74, 6) is 2.11. The van der Waals surface area contributed by atoms with Gasteiger partial charge in [-0.25, -0.2) is 18.7 Å². The average molecular weight is 1130 g/mol. The first-order valence-electron chi connectivity index (χ1n) is 25.4. The number of nitrogens with zero attached hydrogens (tertiary/aromatic N) is 7. The molecule has 3 aliphatic heterocycles. The molecule has 0 radical (unpaired) electrons. The summed E-state index contributed by atoms with van der Waals surface area (Å²) in [6.45, 7) is 11.8. The summed E-state index contributed by atoms with van der Waals surface area (Å²) in [7, 11) is 2.37. The van der Waals surface area contributed by atoms with Gasteiger partial charge in [-0.15, -0.1) is 0 Å². The maximum Gasteiger partial charge on any atom is 0.319 e. The Morgan fingerprint density at radius 1 is 0.838 bits per heavy atom. The smallest absolute Gasteiger partial charge is 0.319 e. The highest BCUT2D eigenvalue weighted by atomic mass is 127. The van der Waals surface area contributed by atoms with Crippen LogP contribution in [0.15, 0.2) is 115 Å². The van der Waals surface area contributed by atoms with Crippen molar-refractivity contribution in [3.05, 3.63) is 141 Å². The van der Waals surface area contributed by atoms with Gasteiger partial charge in [-0.1, -0.05) is 106 Å². The van der Waals surface area contributed by atoms with Crippen LogP contribution in [0, 0.1) is 16.3 Å². The molecule has 3 aromatic heterocycles. The average Bonchev–Trinajstić information content (AvgIpc) is 3.90. The molecule has 2 saturated heterocycles. The van der Waals surface area contributed by atoms with E-state index in [2.05, 4.69) is 102 Å². The molecule has 0 unspecified atom stereocenters. The molecule has 3 aliphatic rings. The molecule has 10 rings (SSSR count). The Morgan fingerprint density at radius 2 is 1.46 bits per heavy atom. The fourth-order valence-electron chi connectivity index (χ4n) is 11.3. The van der Waals surface area contributed by atoms with Gasteiger partial charge in [-0.3, -0.25) is 4.90 Å². The van der Waals surface area contributed by atoms with Gasteiger partial charge in [0.05, 0.1) is 25.8 Å². The highest BCUT2D eigenvalue weighted by Gasteiger charge is 2.51. The topological polar surface area (TPSA) is 107 Å². The van der Waals surface area contributed by atoms with E-state index in [1.165, 1.54) is 10.4 Å². The number of pyridine rings is 2. The van der Waals surface area contributed by atoms with Gasteiger partial charge >= 0.3 is 6.01 Å². The number of rotatable bonds is 17. The molecule has 0 amide bonds. The molecular formula is C58H64F2IN7O5Si. The minimum absolute atomic E-state index is 0.000889. The number of methoxy groups -OCH3 is 2. The van der Waals surface area contributed by atoms with E-state index in [1.807, 2.05) is 85.6 Å². The quantitative estimate of drug-likeness (QED) is 0.0640. The maximum atomic E-state index is 18.0. The summed E-state index contributed by atoms with van der Waals surface area (Å²) < 4.78 is 65.4. The number of ether oxygens (including phenoxy) is 4. The van der Waals surface area contributed by atoms with Crippen molar-refractivity contribution in [2.75, 3.05) is 64.0 Å². The lowest BCUT2D eigenvalue weighted by molar-refractivity contribution is 0.107. The van der Waals surface area contributed by atoms with Gasteiger partial charge in [0.1, 0.15) is 64.8 Å². The molecule has 74 heavy (non-hydrogen) atoms. The van der Waals surface area contributed by atoms with E-state index in [1.54, 1.807) is 14.2 Å². The van der Waals surface area contributed by atoms with Crippen LogP contribution in [-0.4, -0.2) is 105 Å². The van der Waals surface area contributed by atoms with E-state index < -0.39 is 25.8 Å². The fraction of sp³-hybridized carbons (Fsp3) is 0.379. The van der Waals surface area contributed by atoms with Crippen LogP contribution >= 0.6 is 22.6 Å². The molecule has 4 aromatic carbocycles. The van der Waals surface area contributed by atoms with Crippen molar-refractivity contribution in [1.82, 2.24) is 24.8 Å².